The third kappa shape index (κ3) is 3.55. The van der Waals surface area contributed by atoms with Crippen LogP contribution in [0.3, 0.4) is 0 Å². The normalized spacial score (nSPS) is 16.2. The number of aromatic nitrogens is 2. The number of carbonyl (C=O) groups is 3. The van der Waals surface area contributed by atoms with Gasteiger partial charge in [-0.2, -0.15) is 16.4 Å². The molecule has 132 valence electrons. The summed E-state index contributed by atoms with van der Waals surface area (Å²) >= 11 is 1.56. The maximum Gasteiger partial charge on any atom is 0.324 e. The van der Waals surface area contributed by atoms with Gasteiger partial charge in [0.15, 0.2) is 0 Å². The van der Waals surface area contributed by atoms with Crippen LogP contribution < -0.4 is 5.32 Å². The van der Waals surface area contributed by atoms with Gasteiger partial charge in [0.1, 0.15) is 0 Å². The number of hydrogen-bond acceptors (Lipinski definition) is 5. The highest BCUT2D eigenvalue weighted by molar-refractivity contribution is 7.08. The highest BCUT2D eigenvalue weighted by Gasteiger charge is 2.35. The molecule has 9 heteroatoms. The molecule has 0 bridgehead atoms. The Morgan fingerprint density at radius 3 is 2.84 bits per heavy atom. The van der Waals surface area contributed by atoms with Gasteiger partial charge in [-0.3, -0.25) is 19.2 Å². The van der Waals surface area contributed by atoms with Gasteiger partial charge in [-0.25, -0.2) is 4.79 Å². The van der Waals surface area contributed by atoms with Crippen molar-refractivity contribution in [3.63, 3.8) is 0 Å². The van der Waals surface area contributed by atoms with Gasteiger partial charge in [0.2, 0.25) is 0 Å². The fraction of sp³-hybridized carbons (Fsp3) is 0.375. The lowest BCUT2D eigenvalue weighted by Crippen LogP contribution is -2.58. The van der Waals surface area contributed by atoms with E-state index >= 15 is 0 Å². The van der Waals surface area contributed by atoms with Crippen molar-refractivity contribution in [2.75, 3.05) is 26.2 Å². The van der Waals surface area contributed by atoms with Crippen molar-refractivity contribution in [3.05, 3.63) is 40.8 Å². The molecule has 3 rings (SSSR count). The van der Waals surface area contributed by atoms with Crippen molar-refractivity contribution in [1.29, 1.82) is 0 Å². The molecule has 1 unspecified atom stereocenters. The molecule has 1 aliphatic heterocycles. The Balaban J connectivity index is 1.66. The van der Waals surface area contributed by atoms with Crippen LogP contribution in [0.2, 0.25) is 0 Å². The summed E-state index contributed by atoms with van der Waals surface area (Å²) in [6, 6.07) is 3.06. The Kier molecular flexibility index (Phi) is 5.13. The Labute approximate surface area is 149 Å². The molecule has 1 atom stereocenters. The van der Waals surface area contributed by atoms with E-state index in [2.05, 4.69) is 10.4 Å². The standard InChI is InChI=1S/C16H19N5O3S/c1-2-19-7-8-20(15(23)14(19)22)16(24)17-10-13(12-4-9-25-11-12)21-6-3-5-18-21/h3-6,9,11,13H,2,7-8,10H2,1H3,(H,17,24). The lowest BCUT2D eigenvalue weighted by Gasteiger charge is -2.32. The second-order valence-corrected chi connectivity index (χ2v) is 6.37. The third-order valence-corrected chi connectivity index (χ3v) is 4.86. The van der Waals surface area contributed by atoms with Gasteiger partial charge in [-0.05, 0) is 35.4 Å². The first kappa shape index (κ1) is 17.2. The van der Waals surface area contributed by atoms with E-state index < -0.39 is 17.8 Å². The Morgan fingerprint density at radius 2 is 2.20 bits per heavy atom. The van der Waals surface area contributed by atoms with Gasteiger partial charge in [-0.1, -0.05) is 0 Å². The first-order chi connectivity index (χ1) is 12.1. The number of nitrogens with one attached hydrogen (secondary N) is 1. The van der Waals surface area contributed by atoms with Crippen LogP contribution in [0.4, 0.5) is 4.79 Å². The summed E-state index contributed by atoms with van der Waals surface area (Å²) in [5.74, 6) is -1.41. The van der Waals surface area contributed by atoms with E-state index in [1.807, 2.05) is 29.1 Å². The molecule has 0 saturated carbocycles. The second kappa shape index (κ2) is 7.47. The second-order valence-electron chi connectivity index (χ2n) is 5.59. The smallest absolute Gasteiger partial charge is 0.324 e. The van der Waals surface area contributed by atoms with E-state index in [1.54, 1.807) is 29.1 Å². The molecule has 1 N–H and O–H groups in total. The van der Waals surface area contributed by atoms with Gasteiger partial charge in [0.25, 0.3) is 0 Å². The van der Waals surface area contributed by atoms with E-state index in [0.29, 0.717) is 13.1 Å². The summed E-state index contributed by atoms with van der Waals surface area (Å²) in [5.41, 5.74) is 1.02. The molecule has 2 aromatic heterocycles. The van der Waals surface area contributed by atoms with Gasteiger partial charge in [-0.15, -0.1) is 0 Å². The Morgan fingerprint density at radius 1 is 1.36 bits per heavy atom. The largest absolute Gasteiger partial charge is 0.335 e. The van der Waals surface area contributed by atoms with Crippen LogP contribution in [0.15, 0.2) is 35.3 Å². The minimum atomic E-state index is -0.781. The van der Waals surface area contributed by atoms with E-state index in [4.69, 9.17) is 0 Å². The zero-order chi connectivity index (χ0) is 17.8. The van der Waals surface area contributed by atoms with E-state index in [9.17, 15) is 14.4 Å². The Bertz CT molecular complexity index is 710. The maximum absolute atomic E-state index is 12.4. The minimum absolute atomic E-state index is 0.173. The number of urea groups is 1. The highest BCUT2D eigenvalue weighted by Crippen LogP contribution is 2.19. The van der Waals surface area contributed by atoms with Crippen molar-refractivity contribution in [2.24, 2.45) is 0 Å². The van der Waals surface area contributed by atoms with Gasteiger partial charge >= 0.3 is 17.8 Å². The predicted molar refractivity (Wildman–Crippen MR) is 92.1 cm³/mol. The van der Waals surface area contributed by atoms with Gasteiger partial charge in [0, 0.05) is 38.6 Å². The number of thiophene rings is 1. The molecular formula is C16H19N5O3S. The quantitative estimate of drug-likeness (QED) is 0.803. The fourth-order valence-corrected chi connectivity index (χ4v) is 3.45. The molecule has 8 nitrogen and oxygen atoms in total. The SMILES string of the molecule is CCN1CCN(C(=O)NCC(c2ccsc2)n2cccn2)C(=O)C1=O. The number of amides is 4. The van der Waals surface area contributed by atoms with Crippen molar-refractivity contribution >= 4 is 29.2 Å². The van der Waals surface area contributed by atoms with Crippen molar-refractivity contribution in [2.45, 2.75) is 13.0 Å². The molecular weight excluding hydrogens is 342 g/mol. The summed E-state index contributed by atoms with van der Waals surface area (Å²) in [4.78, 5) is 38.8. The van der Waals surface area contributed by atoms with Crippen LogP contribution >= 0.6 is 11.3 Å². The van der Waals surface area contributed by atoms with E-state index in [-0.39, 0.29) is 19.1 Å². The molecule has 25 heavy (non-hydrogen) atoms. The van der Waals surface area contributed by atoms with E-state index in [0.717, 1.165) is 10.5 Å². The van der Waals surface area contributed by atoms with Crippen LogP contribution in [0.25, 0.3) is 0 Å². The molecule has 4 amide bonds. The number of rotatable bonds is 5. The number of hydrogen-bond donors (Lipinski definition) is 1. The number of carbonyl (C=O) groups excluding carboxylic acids is 3. The molecule has 0 radical (unpaired) electrons. The topological polar surface area (TPSA) is 87.5 Å². The van der Waals surface area contributed by atoms with Crippen LogP contribution in [-0.2, 0) is 9.59 Å². The van der Waals surface area contributed by atoms with Crippen LogP contribution in [0.5, 0.6) is 0 Å². The van der Waals surface area contributed by atoms with Gasteiger partial charge in [0.05, 0.1) is 6.04 Å². The number of nitrogens with zero attached hydrogens (tertiary/aromatic N) is 4. The first-order valence-electron chi connectivity index (χ1n) is 8.01. The average Bonchev–Trinajstić information content (AvgIpc) is 3.31. The molecule has 1 fully saturated rings. The zero-order valence-electron chi connectivity index (χ0n) is 13.8. The first-order valence-corrected chi connectivity index (χ1v) is 8.96. The van der Waals surface area contributed by atoms with Crippen molar-refractivity contribution < 1.29 is 14.4 Å². The van der Waals surface area contributed by atoms with Crippen LogP contribution in [0.1, 0.15) is 18.5 Å². The van der Waals surface area contributed by atoms with Crippen molar-refractivity contribution in [3.8, 4) is 0 Å². The molecule has 0 spiro atoms. The summed E-state index contributed by atoms with van der Waals surface area (Å²) in [7, 11) is 0. The van der Waals surface area contributed by atoms with Crippen LogP contribution in [0, 0.1) is 0 Å². The third-order valence-electron chi connectivity index (χ3n) is 4.15. The summed E-state index contributed by atoms with van der Waals surface area (Å²) < 4.78 is 1.75. The Hall–Kier alpha value is -2.68. The highest BCUT2D eigenvalue weighted by atomic mass is 32.1. The molecule has 1 saturated heterocycles. The number of likely N-dealkylation sites (N-methyl/N-ethyl adjacent to an activating group) is 1. The summed E-state index contributed by atoms with van der Waals surface area (Å²) in [6.07, 6.45) is 3.50. The monoisotopic (exact) mass is 361 g/mol. The zero-order valence-corrected chi connectivity index (χ0v) is 14.6. The van der Waals surface area contributed by atoms with Crippen molar-refractivity contribution in [1.82, 2.24) is 24.9 Å². The molecule has 2 aromatic rings. The molecule has 0 aromatic carbocycles. The fourth-order valence-electron chi connectivity index (χ4n) is 2.74. The van der Waals surface area contributed by atoms with Gasteiger partial charge < -0.3 is 10.2 Å². The maximum atomic E-state index is 12.4. The summed E-state index contributed by atoms with van der Waals surface area (Å²) in [5, 5.41) is 10.9. The summed E-state index contributed by atoms with van der Waals surface area (Å²) in [6.45, 7) is 3.10. The lowest BCUT2D eigenvalue weighted by atomic mass is 10.1. The lowest BCUT2D eigenvalue weighted by molar-refractivity contribution is -0.153. The number of piperazine rings is 1. The molecule has 3 heterocycles. The average molecular weight is 361 g/mol. The predicted octanol–water partition coefficient (Wildman–Crippen LogP) is 0.934. The van der Waals surface area contributed by atoms with Crippen LogP contribution in [-0.4, -0.2) is 63.6 Å². The number of imide groups is 1. The molecule has 0 aliphatic carbocycles. The minimum Gasteiger partial charge on any atom is -0.335 e. The van der Waals surface area contributed by atoms with E-state index in [1.165, 1.54) is 4.90 Å². The molecule has 1 aliphatic rings.